The van der Waals surface area contributed by atoms with Crippen molar-refractivity contribution < 1.29 is 54.9 Å². The number of halogens is 3. The van der Waals surface area contributed by atoms with Gasteiger partial charge in [-0.25, -0.2) is 9.59 Å². The minimum Gasteiger partial charge on any atom is -0.448 e. The minimum absolute atomic E-state index is 0.0475. The molecule has 0 saturated carbocycles. The molecule has 2 atom stereocenters. The second kappa shape index (κ2) is 14.5. The van der Waals surface area contributed by atoms with Crippen LogP contribution < -0.4 is 5.73 Å². The molecule has 41 heavy (non-hydrogen) atoms. The average Bonchev–Trinajstić information content (AvgIpc) is 3.28. The van der Waals surface area contributed by atoms with E-state index in [1.165, 1.54) is 29.2 Å². The van der Waals surface area contributed by atoms with Crippen LogP contribution in [0.5, 0.6) is 0 Å². The first-order valence-electron chi connectivity index (χ1n) is 11.8. The molecule has 1 aromatic rings. The molecule has 0 bridgehead atoms. The summed E-state index contributed by atoms with van der Waals surface area (Å²) in [5.41, 5.74) is -0.0220. The summed E-state index contributed by atoms with van der Waals surface area (Å²) in [5, 5.41) is 10.6. The first-order valence-corrected chi connectivity index (χ1v) is 13.8. The zero-order chi connectivity index (χ0) is 31.0. The van der Waals surface area contributed by atoms with Crippen LogP contribution in [-0.4, -0.2) is 113 Å². The van der Waals surface area contributed by atoms with Gasteiger partial charge < -0.3 is 20.1 Å². The van der Waals surface area contributed by atoms with E-state index in [0.717, 1.165) is 0 Å². The van der Waals surface area contributed by atoms with Crippen LogP contribution in [0.3, 0.4) is 0 Å². The average molecular weight is 632 g/mol. The van der Waals surface area contributed by atoms with Crippen LogP contribution in [-0.2, 0) is 31.0 Å². The second-order valence-electron chi connectivity index (χ2n) is 8.79. The van der Waals surface area contributed by atoms with E-state index in [0.29, 0.717) is 51.3 Å². The fraction of sp³-hybridized carbons (Fsp3) is 0.571. The van der Waals surface area contributed by atoms with E-state index in [-0.39, 0.29) is 30.1 Å². The van der Waals surface area contributed by atoms with Crippen LogP contribution in [0.4, 0.5) is 28.4 Å². The van der Waals surface area contributed by atoms with Crippen LogP contribution in [0.15, 0.2) is 24.3 Å². The van der Waals surface area contributed by atoms with Crippen molar-refractivity contribution in [3.8, 4) is 0 Å². The molecular formula is C21H28F3N5O10S2. The number of hydrogen-bond donors (Lipinski definition) is 3. The fourth-order valence-corrected chi connectivity index (χ4v) is 4.25. The SMILES string of the molecule is NC(=O)OCCN1CCN(C(=O)[C@@H]2C[C@H](S)CN2C(=O)OCc2ccc([N+](=O)[O-])cc2)CC1.O=S(=O)(O)C(F)(F)F. The van der Waals surface area contributed by atoms with Gasteiger partial charge in [0.05, 0.1) is 4.92 Å². The zero-order valence-electron chi connectivity index (χ0n) is 21.3. The number of primary amides is 1. The number of thiol groups is 1. The molecule has 3 amide bonds. The van der Waals surface area contributed by atoms with Crippen molar-refractivity contribution in [3.63, 3.8) is 0 Å². The van der Waals surface area contributed by atoms with Crippen molar-refractivity contribution in [1.82, 2.24) is 14.7 Å². The molecule has 15 nitrogen and oxygen atoms in total. The topological polar surface area (TPSA) is 203 Å². The van der Waals surface area contributed by atoms with Gasteiger partial charge in [0.2, 0.25) is 5.91 Å². The molecule has 230 valence electrons. The lowest BCUT2D eigenvalue weighted by molar-refractivity contribution is -0.384. The third-order valence-corrected chi connectivity index (χ3v) is 6.90. The van der Waals surface area contributed by atoms with Gasteiger partial charge in [-0.05, 0) is 24.1 Å². The molecule has 3 N–H and O–H groups in total. The Morgan fingerprint density at radius 2 is 1.68 bits per heavy atom. The zero-order valence-corrected chi connectivity index (χ0v) is 23.0. The molecule has 2 aliphatic heterocycles. The summed E-state index contributed by atoms with van der Waals surface area (Å²) < 4.78 is 67.6. The molecule has 0 aromatic heterocycles. The molecule has 20 heteroatoms. The third-order valence-electron chi connectivity index (χ3n) is 5.94. The monoisotopic (exact) mass is 631 g/mol. The van der Waals surface area contributed by atoms with Crippen LogP contribution >= 0.6 is 12.6 Å². The van der Waals surface area contributed by atoms with Crippen molar-refractivity contribution in [1.29, 1.82) is 0 Å². The van der Waals surface area contributed by atoms with E-state index < -0.39 is 38.8 Å². The van der Waals surface area contributed by atoms with Crippen molar-refractivity contribution in [2.45, 2.75) is 29.8 Å². The molecule has 2 saturated heterocycles. The Labute approximate surface area is 237 Å². The molecule has 2 aliphatic rings. The predicted octanol–water partition coefficient (Wildman–Crippen LogP) is 1.24. The van der Waals surface area contributed by atoms with E-state index in [9.17, 15) is 37.7 Å². The van der Waals surface area contributed by atoms with Gasteiger partial charge in [-0.3, -0.25) is 29.3 Å². The van der Waals surface area contributed by atoms with Crippen molar-refractivity contribution in [3.05, 3.63) is 39.9 Å². The number of amides is 3. The first kappa shape index (κ1) is 33.8. The van der Waals surface area contributed by atoms with Gasteiger partial charge in [0.1, 0.15) is 19.3 Å². The lowest BCUT2D eigenvalue weighted by atomic mass is 10.1. The molecule has 2 fully saturated rings. The summed E-state index contributed by atoms with van der Waals surface area (Å²) >= 11 is 4.46. The van der Waals surface area contributed by atoms with Gasteiger partial charge >= 0.3 is 27.8 Å². The highest BCUT2D eigenvalue weighted by Gasteiger charge is 2.44. The molecule has 0 aliphatic carbocycles. The number of alkyl halides is 3. The molecule has 0 spiro atoms. The lowest BCUT2D eigenvalue weighted by Crippen LogP contribution is -2.54. The number of carbonyl (C=O) groups is 3. The molecular weight excluding hydrogens is 603 g/mol. The van der Waals surface area contributed by atoms with Crippen molar-refractivity contribution in [2.24, 2.45) is 5.73 Å². The number of hydrogen-bond acceptors (Lipinski definition) is 11. The van der Waals surface area contributed by atoms with Gasteiger partial charge in [-0.1, -0.05) is 0 Å². The summed E-state index contributed by atoms with van der Waals surface area (Å²) in [6, 6.07) is 5.08. The Kier molecular flexibility index (Phi) is 12.0. The normalized spacial score (nSPS) is 19.6. The number of nitro groups is 1. The third kappa shape index (κ3) is 10.5. The molecule has 1 aromatic carbocycles. The Bertz CT molecular complexity index is 1200. The van der Waals surface area contributed by atoms with E-state index >= 15 is 0 Å². The maximum absolute atomic E-state index is 13.1. The van der Waals surface area contributed by atoms with Crippen LogP contribution in [0.1, 0.15) is 12.0 Å². The Balaban J connectivity index is 0.000000642. The predicted molar refractivity (Wildman–Crippen MR) is 137 cm³/mol. The maximum atomic E-state index is 13.1. The number of ether oxygens (including phenoxy) is 2. The van der Waals surface area contributed by atoms with Crippen LogP contribution in [0.2, 0.25) is 0 Å². The standard InChI is InChI=1S/C20H27N5O7S.CHF3O3S/c21-19(27)31-10-9-22-5-7-23(8-6-22)18(26)17-11-16(33)12-24(17)20(28)32-13-14-1-3-15(4-2-14)25(29)30;2-1(3,4)8(5,6)7/h1-4,16-17,33H,5-13H2,(H2,21,27);(H,5,6,7)/t16-,17-;/m0./s1. The summed E-state index contributed by atoms with van der Waals surface area (Å²) in [6.45, 7) is 3.20. The second-order valence-corrected chi connectivity index (χ2v) is 10.9. The summed E-state index contributed by atoms with van der Waals surface area (Å²) in [7, 11) is -5.84. The fourth-order valence-electron chi connectivity index (χ4n) is 3.87. The number of piperazine rings is 1. The lowest BCUT2D eigenvalue weighted by Gasteiger charge is -2.37. The van der Waals surface area contributed by atoms with Gasteiger partial charge in [0.15, 0.2) is 0 Å². The number of nitrogens with zero attached hydrogens (tertiary/aromatic N) is 4. The van der Waals surface area contributed by atoms with Gasteiger partial charge in [0.25, 0.3) is 5.69 Å². The van der Waals surface area contributed by atoms with Crippen LogP contribution in [0.25, 0.3) is 0 Å². The van der Waals surface area contributed by atoms with E-state index in [4.69, 9.17) is 28.2 Å². The van der Waals surface area contributed by atoms with Gasteiger partial charge in [-0.2, -0.15) is 34.2 Å². The highest BCUT2D eigenvalue weighted by atomic mass is 32.2. The maximum Gasteiger partial charge on any atom is 0.522 e. The van der Waals surface area contributed by atoms with Gasteiger partial charge in [-0.15, -0.1) is 0 Å². The van der Waals surface area contributed by atoms with Gasteiger partial charge in [0, 0.05) is 56.7 Å². The van der Waals surface area contributed by atoms with Crippen molar-refractivity contribution >= 4 is 46.5 Å². The highest BCUT2D eigenvalue weighted by Crippen LogP contribution is 2.25. The number of non-ortho nitro benzene ring substituents is 1. The molecule has 0 unspecified atom stereocenters. The minimum atomic E-state index is -5.84. The summed E-state index contributed by atoms with van der Waals surface area (Å²) in [6.07, 6.45) is -1.00. The van der Waals surface area contributed by atoms with E-state index in [1.54, 1.807) is 4.90 Å². The van der Waals surface area contributed by atoms with Crippen LogP contribution in [0, 0.1) is 10.1 Å². The molecule has 3 rings (SSSR count). The highest BCUT2D eigenvalue weighted by molar-refractivity contribution is 7.86. The Morgan fingerprint density at radius 1 is 1.12 bits per heavy atom. The number of benzene rings is 1. The Hall–Kier alpha value is -3.36. The largest absolute Gasteiger partial charge is 0.522 e. The number of nitrogens with two attached hydrogens (primary N) is 1. The number of carbonyl (C=O) groups excluding carboxylic acids is 3. The first-order chi connectivity index (χ1) is 19.0. The quantitative estimate of drug-likeness (QED) is 0.128. The summed E-state index contributed by atoms with van der Waals surface area (Å²) in [5.74, 6) is -0.146. The molecule has 0 radical (unpaired) electrons. The van der Waals surface area contributed by atoms with E-state index in [1.807, 2.05) is 0 Å². The smallest absolute Gasteiger partial charge is 0.448 e. The van der Waals surface area contributed by atoms with E-state index in [2.05, 4.69) is 17.5 Å². The summed E-state index contributed by atoms with van der Waals surface area (Å²) in [4.78, 5) is 51.9. The Morgan fingerprint density at radius 3 is 2.17 bits per heavy atom. The number of likely N-dealkylation sites (tertiary alicyclic amines) is 1. The van der Waals surface area contributed by atoms with Crippen molar-refractivity contribution in [2.75, 3.05) is 45.9 Å². The number of nitro benzene ring substituents is 1. The number of rotatable bonds is 7. The molecule has 2 heterocycles.